The predicted molar refractivity (Wildman–Crippen MR) is 83.6 cm³/mol. The highest BCUT2D eigenvalue weighted by Gasteiger charge is 2.41. The van der Waals surface area contributed by atoms with Gasteiger partial charge in [0.15, 0.2) is 0 Å². The van der Waals surface area contributed by atoms with Crippen LogP contribution in [0.4, 0.5) is 4.39 Å². The van der Waals surface area contributed by atoms with Gasteiger partial charge in [-0.2, -0.15) is 0 Å². The molecule has 2 nitrogen and oxygen atoms in total. The molecule has 3 rings (SSSR count). The maximum Gasteiger partial charge on any atom is 0.129 e. The molecule has 1 N–H and O–H groups in total. The molecule has 2 atom stereocenters. The summed E-state index contributed by atoms with van der Waals surface area (Å²) in [5.74, 6) is -0.240. The monoisotopic (exact) mass is 356 g/mol. The summed E-state index contributed by atoms with van der Waals surface area (Å²) < 4.78 is 20.9. The number of ether oxygens (including phenoxy) is 1. The summed E-state index contributed by atoms with van der Waals surface area (Å²) in [4.78, 5) is 0. The molecule has 1 aromatic rings. The van der Waals surface area contributed by atoms with E-state index in [1.54, 1.807) is 12.1 Å². The first kappa shape index (κ1) is 15.4. The molecule has 0 aromatic heterocycles. The van der Waals surface area contributed by atoms with Crippen LogP contribution in [0, 0.1) is 11.7 Å². The van der Waals surface area contributed by atoms with Crippen LogP contribution in [0.2, 0.25) is 0 Å². The largest absolute Gasteiger partial charge is 0.388 e. The molecule has 116 valence electrons. The number of hydrogen-bond donors (Lipinski definition) is 1. The van der Waals surface area contributed by atoms with E-state index in [-0.39, 0.29) is 17.3 Å². The maximum atomic E-state index is 14.0. The number of rotatable bonds is 2. The van der Waals surface area contributed by atoms with E-state index in [4.69, 9.17) is 4.74 Å². The molecular weight excluding hydrogens is 335 g/mol. The molecule has 21 heavy (non-hydrogen) atoms. The second-order valence-corrected chi connectivity index (χ2v) is 7.37. The Morgan fingerprint density at radius 2 is 2.05 bits per heavy atom. The average molecular weight is 357 g/mol. The first-order chi connectivity index (χ1) is 10.1. The third-order valence-electron chi connectivity index (χ3n) is 5.02. The van der Waals surface area contributed by atoms with E-state index >= 15 is 0 Å². The van der Waals surface area contributed by atoms with Gasteiger partial charge >= 0.3 is 0 Å². The van der Waals surface area contributed by atoms with Gasteiger partial charge in [-0.1, -0.05) is 35.2 Å². The SMILES string of the molecule is OC(c1cc(Br)ccc1F)C1CCOC2(CCCCC2)C1. The molecule has 0 amide bonds. The van der Waals surface area contributed by atoms with Crippen molar-refractivity contribution in [3.8, 4) is 0 Å². The van der Waals surface area contributed by atoms with Crippen molar-refractivity contribution < 1.29 is 14.2 Å². The summed E-state index contributed by atoms with van der Waals surface area (Å²) in [6.07, 6.45) is 6.74. The maximum absolute atomic E-state index is 14.0. The topological polar surface area (TPSA) is 29.5 Å². The standard InChI is InChI=1S/C17H22BrFO2/c18-13-4-5-15(19)14(10-13)16(20)12-6-9-21-17(11-12)7-2-1-3-8-17/h4-5,10,12,16,20H,1-3,6-9,11H2. The van der Waals surface area contributed by atoms with Crippen LogP contribution in [0.1, 0.15) is 56.6 Å². The van der Waals surface area contributed by atoms with E-state index in [0.717, 1.165) is 30.2 Å². The van der Waals surface area contributed by atoms with Crippen LogP contribution in [-0.2, 0) is 4.74 Å². The van der Waals surface area contributed by atoms with Gasteiger partial charge in [0.05, 0.1) is 11.7 Å². The highest BCUT2D eigenvalue weighted by atomic mass is 79.9. The lowest BCUT2D eigenvalue weighted by Gasteiger charge is -2.44. The third kappa shape index (κ3) is 3.33. The molecule has 2 fully saturated rings. The van der Waals surface area contributed by atoms with Gasteiger partial charge in [-0.25, -0.2) is 4.39 Å². The van der Waals surface area contributed by atoms with Crippen LogP contribution in [0.15, 0.2) is 22.7 Å². The smallest absolute Gasteiger partial charge is 0.129 e. The quantitative estimate of drug-likeness (QED) is 0.828. The van der Waals surface area contributed by atoms with E-state index in [2.05, 4.69) is 15.9 Å². The number of hydrogen-bond acceptors (Lipinski definition) is 2. The van der Waals surface area contributed by atoms with Crippen molar-refractivity contribution in [1.29, 1.82) is 0 Å². The van der Waals surface area contributed by atoms with E-state index in [9.17, 15) is 9.50 Å². The summed E-state index contributed by atoms with van der Waals surface area (Å²) in [7, 11) is 0. The molecule has 0 radical (unpaired) electrons. The fourth-order valence-corrected chi connectivity index (χ4v) is 4.25. The molecule has 1 aromatic carbocycles. The summed E-state index contributed by atoms with van der Waals surface area (Å²) in [6.45, 7) is 0.678. The fourth-order valence-electron chi connectivity index (χ4n) is 3.87. The second kappa shape index (κ2) is 6.35. The minimum Gasteiger partial charge on any atom is -0.388 e. The average Bonchev–Trinajstić information content (AvgIpc) is 2.50. The predicted octanol–water partition coefficient (Wildman–Crippen LogP) is 4.75. The first-order valence-electron chi connectivity index (χ1n) is 7.87. The van der Waals surface area contributed by atoms with Gasteiger partial charge in [0.1, 0.15) is 5.82 Å². The molecule has 1 aliphatic carbocycles. The van der Waals surface area contributed by atoms with Crippen LogP contribution in [-0.4, -0.2) is 17.3 Å². The van der Waals surface area contributed by atoms with Crippen molar-refractivity contribution >= 4 is 15.9 Å². The van der Waals surface area contributed by atoms with E-state index < -0.39 is 6.10 Å². The molecule has 1 spiro atoms. The minimum atomic E-state index is -0.745. The first-order valence-corrected chi connectivity index (χ1v) is 8.66. The van der Waals surface area contributed by atoms with Crippen LogP contribution < -0.4 is 0 Å². The van der Waals surface area contributed by atoms with Crippen molar-refractivity contribution in [2.24, 2.45) is 5.92 Å². The molecule has 1 saturated heterocycles. The van der Waals surface area contributed by atoms with Gasteiger partial charge in [-0.05, 0) is 49.8 Å². The molecule has 2 unspecified atom stereocenters. The van der Waals surface area contributed by atoms with Gasteiger partial charge in [-0.3, -0.25) is 0 Å². The van der Waals surface area contributed by atoms with Gasteiger partial charge in [-0.15, -0.1) is 0 Å². The number of benzene rings is 1. The Labute approximate surface area is 133 Å². The minimum absolute atomic E-state index is 0.0648. The summed E-state index contributed by atoms with van der Waals surface area (Å²) in [6, 6.07) is 4.78. The number of halogens is 2. The zero-order valence-corrected chi connectivity index (χ0v) is 13.7. The summed E-state index contributed by atoms with van der Waals surface area (Å²) in [5.41, 5.74) is 0.340. The molecule has 4 heteroatoms. The lowest BCUT2D eigenvalue weighted by Crippen LogP contribution is -2.42. The van der Waals surface area contributed by atoms with E-state index in [1.807, 2.05) is 0 Å². The van der Waals surface area contributed by atoms with Gasteiger partial charge in [0.2, 0.25) is 0 Å². The van der Waals surface area contributed by atoms with Crippen molar-refractivity contribution in [3.63, 3.8) is 0 Å². The number of aliphatic hydroxyl groups excluding tert-OH is 1. The molecule has 1 saturated carbocycles. The van der Waals surface area contributed by atoms with Crippen molar-refractivity contribution in [1.82, 2.24) is 0 Å². The van der Waals surface area contributed by atoms with E-state index in [0.29, 0.717) is 12.2 Å². The Bertz CT molecular complexity index is 494. The van der Waals surface area contributed by atoms with E-state index in [1.165, 1.54) is 25.3 Å². The van der Waals surface area contributed by atoms with Crippen molar-refractivity contribution in [3.05, 3.63) is 34.1 Å². The Morgan fingerprint density at radius 1 is 1.29 bits per heavy atom. The van der Waals surface area contributed by atoms with Gasteiger partial charge < -0.3 is 9.84 Å². The van der Waals surface area contributed by atoms with Gasteiger partial charge in [0, 0.05) is 16.6 Å². The summed E-state index contributed by atoms with van der Waals surface area (Å²) in [5, 5.41) is 10.6. The zero-order valence-electron chi connectivity index (χ0n) is 12.2. The molecule has 1 aliphatic heterocycles. The zero-order chi connectivity index (χ0) is 14.9. The summed E-state index contributed by atoms with van der Waals surface area (Å²) >= 11 is 3.36. The Hall–Kier alpha value is -0.450. The lowest BCUT2D eigenvalue weighted by molar-refractivity contribution is -0.134. The normalized spacial score (nSPS) is 26.7. The lowest BCUT2D eigenvalue weighted by atomic mass is 9.74. The van der Waals surface area contributed by atoms with Crippen LogP contribution >= 0.6 is 15.9 Å². The molecule has 2 aliphatic rings. The van der Waals surface area contributed by atoms with Crippen molar-refractivity contribution in [2.75, 3.05) is 6.61 Å². The Balaban J connectivity index is 1.77. The molecular formula is C17H22BrFO2. The van der Waals surface area contributed by atoms with Gasteiger partial charge in [0.25, 0.3) is 0 Å². The Morgan fingerprint density at radius 3 is 2.81 bits per heavy atom. The van der Waals surface area contributed by atoms with Crippen LogP contribution in [0.5, 0.6) is 0 Å². The molecule has 1 heterocycles. The van der Waals surface area contributed by atoms with Crippen LogP contribution in [0.3, 0.4) is 0 Å². The third-order valence-corrected chi connectivity index (χ3v) is 5.51. The highest BCUT2D eigenvalue weighted by molar-refractivity contribution is 9.10. The molecule has 0 bridgehead atoms. The van der Waals surface area contributed by atoms with Crippen LogP contribution in [0.25, 0.3) is 0 Å². The second-order valence-electron chi connectivity index (χ2n) is 6.46. The number of aliphatic hydroxyl groups is 1. The highest BCUT2D eigenvalue weighted by Crippen LogP contribution is 2.44. The van der Waals surface area contributed by atoms with Crippen molar-refractivity contribution in [2.45, 2.75) is 56.7 Å². The Kier molecular flexibility index (Phi) is 4.67. The fraction of sp³-hybridized carbons (Fsp3) is 0.647.